The minimum atomic E-state index is -0.929. The summed E-state index contributed by atoms with van der Waals surface area (Å²) >= 11 is 0. The fourth-order valence-corrected chi connectivity index (χ4v) is 2.36. The van der Waals surface area contributed by atoms with E-state index >= 15 is 0 Å². The van der Waals surface area contributed by atoms with Gasteiger partial charge < -0.3 is 20.1 Å². The predicted octanol–water partition coefficient (Wildman–Crippen LogP) is 1.05. The van der Waals surface area contributed by atoms with Crippen molar-refractivity contribution in [1.29, 1.82) is 0 Å². The number of H-pyrrole nitrogens is 1. The molecule has 0 radical (unpaired) electrons. The Morgan fingerprint density at radius 2 is 2.37 bits per heavy atom. The molecule has 2 aromatic rings. The van der Waals surface area contributed by atoms with Crippen molar-refractivity contribution in [3.63, 3.8) is 0 Å². The summed E-state index contributed by atoms with van der Waals surface area (Å²) in [6, 6.07) is 7.41. The number of aliphatic hydroxyl groups is 1. The zero-order chi connectivity index (χ0) is 13.3. The molecular weight excluding hydrogens is 244 g/mol. The largest absolute Gasteiger partial charge is 0.386 e. The second kappa shape index (κ2) is 4.68. The molecule has 0 aliphatic carbocycles. The monoisotopic (exact) mass is 260 g/mol. The first-order chi connectivity index (χ1) is 9.18. The second-order valence-electron chi connectivity index (χ2n) is 4.95. The van der Waals surface area contributed by atoms with Crippen molar-refractivity contribution in [1.82, 2.24) is 10.3 Å². The van der Waals surface area contributed by atoms with Gasteiger partial charge in [0.25, 0.3) is 5.91 Å². The maximum absolute atomic E-state index is 12.2. The van der Waals surface area contributed by atoms with Gasteiger partial charge in [-0.05, 0) is 18.2 Å². The van der Waals surface area contributed by atoms with Crippen LogP contribution in [0.25, 0.3) is 10.9 Å². The van der Waals surface area contributed by atoms with E-state index in [1.807, 2.05) is 18.2 Å². The Labute approximate surface area is 110 Å². The Kier molecular flexibility index (Phi) is 3.00. The molecule has 1 aromatic heterocycles. The van der Waals surface area contributed by atoms with Crippen LogP contribution < -0.4 is 5.32 Å². The number of benzene rings is 1. The molecule has 0 spiro atoms. The van der Waals surface area contributed by atoms with Crippen LogP contribution in [0.1, 0.15) is 16.8 Å². The standard InChI is InChI=1S/C14H16N2O3/c17-13(16-8-14(18)5-7-19-9-14)11-2-1-3-12-10(11)4-6-15-12/h1-4,6,15,18H,5,7-9H2,(H,16,17)/t14-/m0/s1. The van der Waals surface area contributed by atoms with Crippen molar-refractivity contribution in [3.05, 3.63) is 36.0 Å². The average molecular weight is 260 g/mol. The lowest BCUT2D eigenvalue weighted by molar-refractivity contribution is 0.0265. The first-order valence-corrected chi connectivity index (χ1v) is 6.32. The van der Waals surface area contributed by atoms with Gasteiger partial charge in [0.15, 0.2) is 0 Å². The Hall–Kier alpha value is -1.85. The highest BCUT2D eigenvalue weighted by molar-refractivity contribution is 6.06. The Bertz CT molecular complexity index is 600. The van der Waals surface area contributed by atoms with E-state index in [0.717, 1.165) is 10.9 Å². The zero-order valence-corrected chi connectivity index (χ0v) is 10.5. The average Bonchev–Trinajstić information content (AvgIpc) is 3.04. The van der Waals surface area contributed by atoms with E-state index < -0.39 is 5.60 Å². The van der Waals surface area contributed by atoms with Gasteiger partial charge in [-0.15, -0.1) is 0 Å². The predicted molar refractivity (Wildman–Crippen MR) is 71.0 cm³/mol. The minimum Gasteiger partial charge on any atom is -0.386 e. The van der Waals surface area contributed by atoms with E-state index in [0.29, 0.717) is 18.6 Å². The minimum absolute atomic E-state index is 0.175. The summed E-state index contributed by atoms with van der Waals surface area (Å²) in [5.41, 5.74) is 0.610. The van der Waals surface area contributed by atoms with E-state index in [1.165, 1.54) is 0 Å². The Morgan fingerprint density at radius 3 is 3.16 bits per heavy atom. The molecule has 1 saturated heterocycles. The van der Waals surface area contributed by atoms with Crippen LogP contribution in [-0.4, -0.2) is 41.4 Å². The summed E-state index contributed by atoms with van der Waals surface area (Å²) < 4.78 is 5.15. The molecule has 100 valence electrons. The van der Waals surface area contributed by atoms with Gasteiger partial charge in [-0.1, -0.05) is 6.07 Å². The molecule has 2 heterocycles. The highest BCUT2D eigenvalue weighted by atomic mass is 16.5. The van der Waals surface area contributed by atoms with Gasteiger partial charge >= 0.3 is 0 Å². The fourth-order valence-electron chi connectivity index (χ4n) is 2.36. The van der Waals surface area contributed by atoms with E-state index in [9.17, 15) is 9.90 Å². The molecule has 3 N–H and O–H groups in total. The van der Waals surface area contributed by atoms with E-state index in [2.05, 4.69) is 10.3 Å². The number of hydrogen-bond acceptors (Lipinski definition) is 3. The molecule has 1 atom stereocenters. The van der Waals surface area contributed by atoms with Crippen LogP contribution in [0.5, 0.6) is 0 Å². The Balaban J connectivity index is 1.75. The van der Waals surface area contributed by atoms with Crippen molar-refractivity contribution >= 4 is 16.8 Å². The number of fused-ring (bicyclic) bond motifs is 1. The lowest BCUT2D eigenvalue weighted by atomic mass is 10.0. The summed E-state index contributed by atoms with van der Waals surface area (Å²) in [5.74, 6) is -0.175. The van der Waals surface area contributed by atoms with Gasteiger partial charge in [0.1, 0.15) is 5.60 Å². The first-order valence-electron chi connectivity index (χ1n) is 6.32. The first kappa shape index (κ1) is 12.2. The van der Waals surface area contributed by atoms with Gasteiger partial charge in [-0.25, -0.2) is 0 Å². The third-order valence-corrected chi connectivity index (χ3v) is 3.50. The second-order valence-corrected chi connectivity index (χ2v) is 4.95. The number of aromatic amines is 1. The van der Waals surface area contributed by atoms with Crippen LogP contribution in [0.2, 0.25) is 0 Å². The number of nitrogens with one attached hydrogen (secondary N) is 2. The third-order valence-electron chi connectivity index (χ3n) is 3.50. The molecule has 19 heavy (non-hydrogen) atoms. The summed E-state index contributed by atoms with van der Waals surface area (Å²) in [6.07, 6.45) is 2.36. The molecule has 1 aliphatic rings. The van der Waals surface area contributed by atoms with Crippen LogP contribution in [0.3, 0.4) is 0 Å². The number of ether oxygens (including phenoxy) is 1. The maximum atomic E-state index is 12.2. The lowest BCUT2D eigenvalue weighted by Crippen LogP contribution is -2.43. The normalized spacial score (nSPS) is 22.8. The number of amides is 1. The molecule has 0 unspecified atom stereocenters. The molecule has 1 amide bonds. The van der Waals surface area contributed by atoms with Gasteiger partial charge in [0.2, 0.25) is 0 Å². The quantitative estimate of drug-likeness (QED) is 0.772. The summed E-state index contributed by atoms with van der Waals surface area (Å²) in [5, 5.41) is 13.8. The fraction of sp³-hybridized carbons (Fsp3) is 0.357. The molecule has 5 nitrogen and oxygen atoms in total. The van der Waals surface area contributed by atoms with Crippen LogP contribution >= 0.6 is 0 Å². The number of rotatable bonds is 3. The molecular formula is C14H16N2O3. The summed E-state index contributed by atoms with van der Waals surface area (Å²) in [4.78, 5) is 15.2. The molecule has 1 fully saturated rings. The van der Waals surface area contributed by atoms with Crippen molar-refractivity contribution < 1.29 is 14.6 Å². The highest BCUT2D eigenvalue weighted by Crippen LogP contribution is 2.19. The van der Waals surface area contributed by atoms with Gasteiger partial charge in [0.05, 0.1) is 6.61 Å². The van der Waals surface area contributed by atoms with Crippen molar-refractivity contribution in [2.75, 3.05) is 19.8 Å². The maximum Gasteiger partial charge on any atom is 0.252 e. The number of aromatic nitrogens is 1. The summed E-state index contributed by atoms with van der Waals surface area (Å²) in [7, 11) is 0. The SMILES string of the molecule is O=C(NC[C@@]1(O)CCOC1)c1cccc2[nH]ccc12. The zero-order valence-electron chi connectivity index (χ0n) is 10.5. The van der Waals surface area contributed by atoms with Crippen LogP contribution in [0, 0.1) is 0 Å². The van der Waals surface area contributed by atoms with Crippen LogP contribution in [0.4, 0.5) is 0 Å². The highest BCUT2D eigenvalue weighted by Gasteiger charge is 2.32. The molecule has 0 bridgehead atoms. The lowest BCUT2D eigenvalue weighted by Gasteiger charge is -2.20. The molecule has 0 saturated carbocycles. The smallest absolute Gasteiger partial charge is 0.252 e. The molecule has 1 aromatic carbocycles. The van der Waals surface area contributed by atoms with Gasteiger partial charge in [-0.2, -0.15) is 0 Å². The topological polar surface area (TPSA) is 74.3 Å². The molecule has 3 rings (SSSR count). The van der Waals surface area contributed by atoms with Crippen molar-refractivity contribution in [2.24, 2.45) is 0 Å². The van der Waals surface area contributed by atoms with Crippen LogP contribution in [0.15, 0.2) is 30.5 Å². The van der Waals surface area contributed by atoms with Crippen LogP contribution in [-0.2, 0) is 4.74 Å². The number of carbonyl (C=O) groups excluding carboxylic acids is 1. The van der Waals surface area contributed by atoms with Crippen molar-refractivity contribution in [3.8, 4) is 0 Å². The van der Waals surface area contributed by atoms with Gasteiger partial charge in [-0.3, -0.25) is 4.79 Å². The van der Waals surface area contributed by atoms with Gasteiger partial charge in [0, 0.05) is 42.2 Å². The summed E-state index contributed by atoms with van der Waals surface area (Å²) in [6.45, 7) is 1.04. The van der Waals surface area contributed by atoms with Crippen molar-refractivity contribution in [2.45, 2.75) is 12.0 Å². The molecule has 1 aliphatic heterocycles. The molecule has 5 heteroatoms. The Morgan fingerprint density at radius 1 is 1.47 bits per heavy atom. The number of hydrogen-bond donors (Lipinski definition) is 3. The number of carbonyl (C=O) groups is 1. The van der Waals surface area contributed by atoms with E-state index in [1.54, 1.807) is 12.3 Å². The third kappa shape index (κ3) is 2.34. The van der Waals surface area contributed by atoms with E-state index in [-0.39, 0.29) is 19.1 Å². The van der Waals surface area contributed by atoms with E-state index in [4.69, 9.17) is 4.74 Å².